The van der Waals surface area contributed by atoms with Crippen LogP contribution in [0.15, 0.2) is 30.3 Å². The monoisotopic (exact) mass is 450 g/mol. The topological polar surface area (TPSA) is 76.5 Å². The van der Waals surface area contributed by atoms with Gasteiger partial charge < -0.3 is 15.0 Å². The van der Waals surface area contributed by atoms with E-state index in [0.29, 0.717) is 24.7 Å². The number of para-hydroxylation sites is 1. The summed E-state index contributed by atoms with van der Waals surface area (Å²) in [7, 11) is 1.63. The second-order valence-electron chi connectivity index (χ2n) is 10.0. The van der Waals surface area contributed by atoms with Crippen LogP contribution < -0.4 is 10.1 Å². The van der Waals surface area contributed by atoms with Crippen LogP contribution in [0.25, 0.3) is 0 Å². The molecule has 3 aliphatic rings. The molecule has 1 aromatic carbocycles. The summed E-state index contributed by atoms with van der Waals surface area (Å²) in [5, 5.41) is 8.04. The van der Waals surface area contributed by atoms with Crippen LogP contribution >= 0.6 is 0 Å². The molecule has 0 radical (unpaired) electrons. The fraction of sp³-hybridized carbons (Fsp3) is 0.577. The highest BCUT2D eigenvalue weighted by molar-refractivity contribution is 5.99. The van der Waals surface area contributed by atoms with Crippen LogP contribution in [0.1, 0.15) is 86.0 Å². The number of carbonyl (C=O) groups excluding carboxylic acids is 2. The third kappa shape index (κ3) is 4.25. The lowest BCUT2D eigenvalue weighted by molar-refractivity contribution is -0.134. The Labute approximate surface area is 195 Å². The summed E-state index contributed by atoms with van der Waals surface area (Å²) in [4.78, 5) is 29.3. The summed E-state index contributed by atoms with van der Waals surface area (Å²) in [5.41, 5.74) is 1.40. The predicted molar refractivity (Wildman–Crippen MR) is 125 cm³/mol. The molecule has 1 aliphatic heterocycles. The molecule has 2 amide bonds. The van der Waals surface area contributed by atoms with E-state index < -0.39 is 5.54 Å². The molecule has 1 aromatic heterocycles. The lowest BCUT2D eigenvalue weighted by Crippen LogP contribution is -2.64. The van der Waals surface area contributed by atoms with Gasteiger partial charge in [-0.2, -0.15) is 5.10 Å². The molecule has 0 bridgehead atoms. The van der Waals surface area contributed by atoms with E-state index in [0.717, 1.165) is 55.5 Å². The number of ether oxygens (including phenoxy) is 1. The summed E-state index contributed by atoms with van der Waals surface area (Å²) in [6.07, 6.45) is 8.97. The molecule has 2 aliphatic carbocycles. The van der Waals surface area contributed by atoms with Gasteiger partial charge in [0.25, 0.3) is 5.91 Å². The third-order valence-corrected chi connectivity index (χ3v) is 7.51. The molecular weight excluding hydrogens is 416 g/mol. The molecule has 0 unspecified atom stereocenters. The van der Waals surface area contributed by atoms with Gasteiger partial charge in [0.05, 0.1) is 25.9 Å². The first-order valence-corrected chi connectivity index (χ1v) is 12.3. The Kier molecular flexibility index (Phi) is 5.89. The van der Waals surface area contributed by atoms with Gasteiger partial charge in [-0.3, -0.25) is 14.3 Å². The van der Waals surface area contributed by atoms with Gasteiger partial charge in [0.1, 0.15) is 17.0 Å². The highest BCUT2D eigenvalue weighted by Gasteiger charge is 2.49. The second-order valence-corrected chi connectivity index (χ2v) is 10.0. The van der Waals surface area contributed by atoms with E-state index >= 15 is 0 Å². The molecule has 0 saturated heterocycles. The van der Waals surface area contributed by atoms with Crippen molar-refractivity contribution in [2.45, 2.75) is 88.9 Å². The Morgan fingerprint density at radius 1 is 1.15 bits per heavy atom. The molecule has 33 heavy (non-hydrogen) atoms. The van der Waals surface area contributed by atoms with Crippen molar-refractivity contribution in [3.63, 3.8) is 0 Å². The molecule has 7 nitrogen and oxygen atoms in total. The van der Waals surface area contributed by atoms with E-state index in [1.165, 1.54) is 12.8 Å². The number of aromatic nitrogens is 2. The molecule has 2 aromatic rings. The van der Waals surface area contributed by atoms with E-state index in [-0.39, 0.29) is 17.9 Å². The van der Waals surface area contributed by atoms with Crippen LogP contribution in [0.5, 0.6) is 5.75 Å². The average molecular weight is 451 g/mol. The van der Waals surface area contributed by atoms with Crippen molar-refractivity contribution in [2.24, 2.45) is 0 Å². The summed E-state index contributed by atoms with van der Waals surface area (Å²) in [6.45, 7) is 2.55. The van der Waals surface area contributed by atoms with E-state index in [9.17, 15) is 9.59 Å². The van der Waals surface area contributed by atoms with Gasteiger partial charge in [0, 0.05) is 17.5 Å². The SMILES string of the molecule is COc1ccccc1CN1C(=O)c2cc(C3CC3)nn2C[C@]1(C)C(=O)NC1CCCCCC1. The lowest BCUT2D eigenvalue weighted by atomic mass is 9.93. The number of methoxy groups -OCH3 is 1. The Hall–Kier alpha value is -2.83. The number of benzene rings is 1. The first-order chi connectivity index (χ1) is 16.0. The summed E-state index contributed by atoms with van der Waals surface area (Å²) in [6, 6.07) is 9.79. The zero-order chi connectivity index (χ0) is 23.0. The van der Waals surface area contributed by atoms with Crippen LogP contribution in [-0.4, -0.2) is 45.2 Å². The minimum atomic E-state index is -1.04. The Morgan fingerprint density at radius 2 is 1.88 bits per heavy atom. The Bertz CT molecular complexity index is 1040. The summed E-state index contributed by atoms with van der Waals surface area (Å²) in [5.74, 6) is 0.927. The average Bonchev–Trinajstić information content (AvgIpc) is 3.62. The molecule has 2 saturated carbocycles. The van der Waals surface area contributed by atoms with Gasteiger partial charge in [0.2, 0.25) is 5.91 Å². The molecule has 5 rings (SSSR count). The van der Waals surface area contributed by atoms with Crippen molar-refractivity contribution in [1.29, 1.82) is 0 Å². The minimum absolute atomic E-state index is 0.0910. The molecule has 2 heterocycles. The van der Waals surface area contributed by atoms with Crippen molar-refractivity contribution < 1.29 is 14.3 Å². The van der Waals surface area contributed by atoms with E-state index in [2.05, 4.69) is 5.32 Å². The van der Waals surface area contributed by atoms with Crippen LogP contribution in [0.4, 0.5) is 0 Å². The molecule has 7 heteroatoms. The number of nitrogens with one attached hydrogen (secondary N) is 1. The van der Waals surface area contributed by atoms with Gasteiger partial charge in [-0.05, 0) is 44.7 Å². The van der Waals surface area contributed by atoms with Crippen LogP contribution in [0.3, 0.4) is 0 Å². The second kappa shape index (κ2) is 8.84. The smallest absolute Gasteiger partial charge is 0.273 e. The molecular formula is C26H34N4O3. The molecule has 1 atom stereocenters. The number of hydrogen-bond donors (Lipinski definition) is 1. The van der Waals surface area contributed by atoms with Crippen LogP contribution in [-0.2, 0) is 17.9 Å². The number of amides is 2. The van der Waals surface area contributed by atoms with E-state index in [1.807, 2.05) is 37.3 Å². The van der Waals surface area contributed by atoms with Crippen LogP contribution in [0.2, 0.25) is 0 Å². The fourth-order valence-electron chi connectivity index (χ4n) is 5.26. The Morgan fingerprint density at radius 3 is 2.58 bits per heavy atom. The number of hydrogen-bond acceptors (Lipinski definition) is 4. The number of nitrogens with zero attached hydrogens (tertiary/aromatic N) is 3. The first kappa shape index (κ1) is 22.0. The maximum Gasteiger partial charge on any atom is 0.273 e. The normalized spacial score (nSPS) is 23.7. The lowest BCUT2D eigenvalue weighted by Gasteiger charge is -2.44. The van der Waals surface area contributed by atoms with Crippen molar-refractivity contribution in [1.82, 2.24) is 20.0 Å². The quantitative estimate of drug-likeness (QED) is 0.675. The Balaban J connectivity index is 1.48. The van der Waals surface area contributed by atoms with Gasteiger partial charge >= 0.3 is 0 Å². The standard InChI is InChI=1S/C26H34N4O3/c1-26(25(32)27-20-10-5-3-4-6-11-20)17-30-22(15-21(28-30)18-13-14-18)24(31)29(26)16-19-9-7-8-12-23(19)33-2/h7-9,12,15,18,20H,3-6,10-11,13-14,16-17H2,1-2H3,(H,27,32)/t26-/m1/s1. The van der Waals surface area contributed by atoms with Crippen molar-refractivity contribution in [2.75, 3.05) is 7.11 Å². The van der Waals surface area contributed by atoms with Crippen molar-refractivity contribution >= 4 is 11.8 Å². The van der Waals surface area contributed by atoms with E-state index in [4.69, 9.17) is 9.84 Å². The first-order valence-electron chi connectivity index (χ1n) is 12.3. The predicted octanol–water partition coefficient (Wildman–Crippen LogP) is 4.02. The summed E-state index contributed by atoms with van der Waals surface area (Å²) < 4.78 is 7.31. The van der Waals surface area contributed by atoms with Gasteiger partial charge in [0.15, 0.2) is 0 Å². The van der Waals surface area contributed by atoms with E-state index in [1.54, 1.807) is 16.7 Å². The maximum absolute atomic E-state index is 13.8. The molecule has 2 fully saturated rings. The van der Waals surface area contributed by atoms with Gasteiger partial charge in [-0.15, -0.1) is 0 Å². The fourth-order valence-corrected chi connectivity index (χ4v) is 5.26. The summed E-state index contributed by atoms with van der Waals surface area (Å²) >= 11 is 0. The maximum atomic E-state index is 13.8. The van der Waals surface area contributed by atoms with Crippen molar-refractivity contribution in [3.05, 3.63) is 47.3 Å². The van der Waals surface area contributed by atoms with Crippen LogP contribution in [0, 0.1) is 0 Å². The third-order valence-electron chi connectivity index (χ3n) is 7.51. The molecule has 0 spiro atoms. The highest BCUT2D eigenvalue weighted by atomic mass is 16.5. The number of carbonyl (C=O) groups is 2. The number of rotatable bonds is 6. The zero-order valence-corrected chi connectivity index (χ0v) is 19.7. The molecule has 1 N–H and O–H groups in total. The largest absolute Gasteiger partial charge is 0.496 e. The van der Waals surface area contributed by atoms with Gasteiger partial charge in [-0.1, -0.05) is 43.9 Å². The molecule has 176 valence electrons. The van der Waals surface area contributed by atoms with Crippen molar-refractivity contribution in [3.8, 4) is 5.75 Å². The minimum Gasteiger partial charge on any atom is -0.496 e. The van der Waals surface area contributed by atoms with Gasteiger partial charge in [-0.25, -0.2) is 0 Å². The number of fused-ring (bicyclic) bond motifs is 1. The zero-order valence-electron chi connectivity index (χ0n) is 19.7. The highest BCUT2D eigenvalue weighted by Crippen LogP contribution is 2.41.